The zero-order valence-electron chi connectivity index (χ0n) is 9.25. The summed E-state index contributed by atoms with van der Waals surface area (Å²) in [6.07, 6.45) is 1.60. The molecular weight excluding hydrogens is 224 g/mol. The van der Waals surface area contributed by atoms with Gasteiger partial charge in [-0.25, -0.2) is 4.85 Å². The Morgan fingerprint density at radius 2 is 2.00 bits per heavy atom. The lowest BCUT2D eigenvalue weighted by molar-refractivity contribution is 1.31. The summed E-state index contributed by atoms with van der Waals surface area (Å²) < 4.78 is 0. The number of nitriles is 2. The maximum Gasteiger partial charge on any atom is 0.189 e. The smallest absolute Gasteiger partial charge is 0.189 e. The van der Waals surface area contributed by atoms with E-state index in [0.717, 1.165) is 0 Å². The summed E-state index contributed by atoms with van der Waals surface area (Å²) in [6, 6.07) is 12.2. The van der Waals surface area contributed by atoms with E-state index in [1.165, 1.54) is 6.07 Å². The summed E-state index contributed by atoms with van der Waals surface area (Å²) >= 11 is 0. The Hall–Kier alpha value is -3.16. The van der Waals surface area contributed by atoms with Gasteiger partial charge in [0, 0.05) is 11.8 Å². The number of pyridine rings is 1. The second kappa shape index (κ2) is 4.78. The normalized spacial score (nSPS) is 8.94. The van der Waals surface area contributed by atoms with E-state index in [1.807, 2.05) is 12.1 Å². The molecule has 0 fully saturated rings. The van der Waals surface area contributed by atoms with Gasteiger partial charge in [0.1, 0.15) is 6.07 Å². The molecule has 4 nitrogen and oxygen atoms in total. The molecule has 1 aromatic carbocycles. The summed E-state index contributed by atoms with van der Waals surface area (Å²) in [5.74, 6) is 0. The first kappa shape index (κ1) is 11.3. The molecule has 0 N–H and O–H groups in total. The Morgan fingerprint density at radius 1 is 1.17 bits per heavy atom. The zero-order valence-corrected chi connectivity index (χ0v) is 9.25. The van der Waals surface area contributed by atoms with Gasteiger partial charge in [0.2, 0.25) is 0 Å². The minimum Gasteiger partial charge on any atom is -0.256 e. The Balaban J connectivity index is 2.79. The minimum atomic E-state index is 0.201. The van der Waals surface area contributed by atoms with E-state index in [-0.39, 0.29) is 11.1 Å². The SMILES string of the molecule is [C-]#[N+]c1cc(C#N)c(C#N)c(-c2ccccn2)c1. The first-order chi connectivity index (χ1) is 8.80. The lowest BCUT2D eigenvalue weighted by Crippen LogP contribution is -1.91. The van der Waals surface area contributed by atoms with Crippen LogP contribution in [-0.2, 0) is 0 Å². The molecule has 2 rings (SSSR count). The monoisotopic (exact) mass is 230 g/mol. The van der Waals surface area contributed by atoms with Crippen LogP contribution in [0.4, 0.5) is 5.69 Å². The molecule has 0 saturated carbocycles. The molecule has 0 bridgehead atoms. The molecule has 0 aliphatic heterocycles. The fourth-order valence-electron chi connectivity index (χ4n) is 1.62. The van der Waals surface area contributed by atoms with Crippen LogP contribution in [0.25, 0.3) is 16.1 Å². The average molecular weight is 230 g/mol. The zero-order chi connectivity index (χ0) is 13.0. The van der Waals surface area contributed by atoms with Crippen molar-refractivity contribution in [3.05, 3.63) is 59.1 Å². The maximum atomic E-state index is 9.15. The van der Waals surface area contributed by atoms with E-state index in [9.17, 15) is 0 Å². The van der Waals surface area contributed by atoms with Crippen molar-refractivity contribution in [2.24, 2.45) is 0 Å². The second-order valence-electron chi connectivity index (χ2n) is 3.47. The molecule has 0 aliphatic rings. The van der Waals surface area contributed by atoms with Crippen molar-refractivity contribution in [2.75, 3.05) is 0 Å². The fourth-order valence-corrected chi connectivity index (χ4v) is 1.62. The number of aromatic nitrogens is 1. The van der Waals surface area contributed by atoms with Gasteiger partial charge in [-0.05, 0) is 24.3 Å². The van der Waals surface area contributed by atoms with E-state index in [1.54, 1.807) is 30.5 Å². The van der Waals surface area contributed by atoms with Crippen LogP contribution in [0.1, 0.15) is 11.1 Å². The molecule has 0 spiro atoms. The quantitative estimate of drug-likeness (QED) is 0.707. The number of hydrogen-bond donors (Lipinski definition) is 0. The molecule has 0 aliphatic carbocycles. The first-order valence-corrected chi connectivity index (χ1v) is 5.07. The topological polar surface area (TPSA) is 64.8 Å². The molecule has 2 aromatic rings. The van der Waals surface area contributed by atoms with Gasteiger partial charge in [-0.15, -0.1) is 0 Å². The van der Waals surface area contributed by atoms with Crippen LogP contribution in [0.5, 0.6) is 0 Å². The average Bonchev–Trinajstić information content (AvgIpc) is 2.46. The van der Waals surface area contributed by atoms with Crippen molar-refractivity contribution in [1.29, 1.82) is 10.5 Å². The summed E-state index contributed by atoms with van der Waals surface area (Å²) in [7, 11) is 0. The van der Waals surface area contributed by atoms with Crippen molar-refractivity contribution in [3.8, 4) is 23.4 Å². The van der Waals surface area contributed by atoms with Crippen LogP contribution in [0.2, 0.25) is 0 Å². The number of nitrogens with zero attached hydrogens (tertiary/aromatic N) is 4. The lowest BCUT2D eigenvalue weighted by Gasteiger charge is -2.05. The van der Waals surface area contributed by atoms with Crippen molar-refractivity contribution in [2.45, 2.75) is 0 Å². The lowest BCUT2D eigenvalue weighted by atomic mass is 9.99. The molecule has 0 unspecified atom stereocenters. The van der Waals surface area contributed by atoms with Gasteiger partial charge in [-0.1, -0.05) is 6.07 Å². The standard InChI is InChI=1S/C14H6N4/c1-17-11-6-10(8-15)13(9-16)12(7-11)14-4-2-3-5-18-14/h2-7H. The second-order valence-corrected chi connectivity index (χ2v) is 3.47. The Morgan fingerprint density at radius 3 is 2.56 bits per heavy atom. The third kappa shape index (κ3) is 1.89. The van der Waals surface area contributed by atoms with Crippen LogP contribution < -0.4 is 0 Å². The van der Waals surface area contributed by atoms with Crippen molar-refractivity contribution in [1.82, 2.24) is 4.98 Å². The predicted molar refractivity (Wildman–Crippen MR) is 65.4 cm³/mol. The first-order valence-electron chi connectivity index (χ1n) is 5.07. The van der Waals surface area contributed by atoms with Crippen LogP contribution in [0.3, 0.4) is 0 Å². The molecule has 0 atom stereocenters. The highest BCUT2D eigenvalue weighted by molar-refractivity contribution is 5.76. The van der Waals surface area contributed by atoms with Gasteiger partial charge in [0.25, 0.3) is 0 Å². The molecular formula is C14H6N4. The molecule has 0 amide bonds. The molecule has 18 heavy (non-hydrogen) atoms. The minimum absolute atomic E-state index is 0.201. The molecule has 0 saturated heterocycles. The van der Waals surface area contributed by atoms with Crippen LogP contribution in [-0.4, -0.2) is 4.98 Å². The van der Waals surface area contributed by atoms with Gasteiger partial charge in [-0.3, -0.25) is 4.98 Å². The Bertz CT molecular complexity index is 712. The molecule has 1 heterocycles. The summed E-state index contributed by atoms with van der Waals surface area (Å²) in [5.41, 5.74) is 1.88. The van der Waals surface area contributed by atoms with Gasteiger partial charge < -0.3 is 0 Å². The Kier molecular flexibility index (Phi) is 3.01. The van der Waals surface area contributed by atoms with Gasteiger partial charge in [0.15, 0.2) is 5.69 Å². The number of hydrogen-bond acceptors (Lipinski definition) is 3. The van der Waals surface area contributed by atoms with Gasteiger partial charge in [0.05, 0.1) is 29.5 Å². The number of rotatable bonds is 1. The highest BCUT2D eigenvalue weighted by Crippen LogP contribution is 2.29. The van der Waals surface area contributed by atoms with Crippen molar-refractivity contribution >= 4 is 5.69 Å². The third-order valence-electron chi connectivity index (χ3n) is 2.43. The van der Waals surface area contributed by atoms with E-state index in [2.05, 4.69) is 9.83 Å². The molecule has 82 valence electrons. The van der Waals surface area contributed by atoms with Crippen LogP contribution in [0.15, 0.2) is 36.5 Å². The Labute approximate surface area is 104 Å². The number of benzene rings is 1. The fraction of sp³-hybridized carbons (Fsp3) is 0. The van der Waals surface area contributed by atoms with Gasteiger partial charge >= 0.3 is 0 Å². The predicted octanol–water partition coefficient (Wildman–Crippen LogP) is 3.04. The summed E-state index contributed by atoms with van der Waals surface area (Å²) in [5, 5.41) is 18.2. The van der Waals surface area contributed by atoms with Crippen LogP contribution >= 0.6 is 0 Å². The molecule has 4 heteroatoms. The highest BCUT2D eigenvalue weighted by Gasteiger charge is 2.12. The van der Waals surface area contributed by atoms with E-state index >= 15 is 0 Å². The highest BCUT2D eigenvalue weighted by atomic mass is 14.7. The summed E-state index contributed by atoms with van der Waals surface area (Å²) in [4.78, 5) is 7.45. The molecule has 1 aromatic heterocycles. The molecule has 0 radical (unpaired) electrons. The van der Waals surface area contributed by atoms with E-state index in [0.29, 0.717) is 16.9 Å². The largest absolute Gasteiger partial charge is 0.256 e. The van der Waals surface area contributed by atoms with Crippen molar-refractivity contribution in [3.63, 3.8) is 0 Å². The third-order valence-corrected chi connectivity index (χ3v) is 2.43. The van der Waals surface area contributed by atoms with E-state index in [4.69, 9.17) is 17.1 Å². The van der Waals surface area contributed by atoms with Crippen molar-refractivity contribution < 1.29 is 0 Å². The maximum absolute atomic E-state index is 9.15. The van der Waals surface area contributed by atoms with E-state index < -0.39 is 0 Å². The summed E-state index contributed by atoms with van der Waals surface area (Å²) in [6.45, 7) is 7.01. The van der Waals surface area contributed by atoms with Gasteiger partial charge in [-0.2, -0.15) is 10.5 Å². The van der Waals surface area contributed by atoms with Crippen LogP contribution in [0, 0.1) is 29.2 Å².